The molecule has 0 aromatic heterocycles. The Hall–Kier alpha value is -1.96. The lowest BCUT2D eigenvalue weighted by Crippen LogP contribution is -2.54. The molecule has 0 spiro atoms. The highest BCUT2D eigenvalue weighted by atomic mass is 16.2. The lowest BCUT2D eigenvalue weighted by molar-refractivity contribution is -0.129. The van der Waals surface area contributed by atoms with Gasteiger partial charge in [0.1, 0.15) is 12.2 Å². The van der Waals surface area contributed by atoms with Crippen molar-refractivity contribution < 1.29 is 19.2 Å². The minimum atomic E-state index is -0.799. The molecule has 0 bridgehead atoms. The van der Waals surface area contributed by atoms with E-state index in [0.29, 0.717) is 19.2 Å². The molecule has 108 valence electrons. The second-order valence-electron chi connectivity index (χ2n) is 3.86. The molecular formula is C11H20N4O4. The lowest BCUT2D eigenvalue weighted by atomic mass is 10.3. The number of hydrogen-bond donors (Lipinski definition) is 4. The fourth-order valence-corrected chi connectivity index (χ4v) is 1.20. The van der Waals surface area contributed by atoms with Crippen LogP contribution in [0.15, 0.2) is 0 Å². The van der Waals surface area contributed by atoms with E-state index >= 15 is 0 Å². The van der Waals surface area contributed by atoms with Crippen molar-refractivity contribution in [2.24, 2.45) is 0 Å². The average Bonchev–Trinajstić information content (AvgIpc) is 2.40. The number of carbonyl (C=O) groups excluding carboxylic acids is 4. The molecule has 0 aromatic rings. The fourth-order valence-electron chi connectivity index (χ4n) is 1.20. The maximum atomic E-state index is 11.7. The van der Waals surface area contributed by atoms with Gasteiger partial charge in [-0.1, -0.05) is 6.92 Å². The van der Waals surface area contributed by atoms with Crippen LogP contribution in [0, 0.1) is 0 Å². The van der Waals surface area contributed by atoms with Gasteiger partial charge in [0.2, 0.25) is 18.2 Å². The van der Waals surface area contributed by atoms with Crippen LogP contribution in [-0.2, 0) is 19.2 Å². The Morgan fingerprint density at radius 2 is 1.89 bits per heavy atom. The molecule has 0 rings (SSSR count). The van der Waals surface area contributed by atoms with E-state index in [4.69, 9.17) is 0 Å². The van der Waals surface area contributed by atoms with Gasteiger partial charge in [0, 0.05) is 0 Å². The van der Waals surface area contributed by atoms with Gasteiger partial charge in [0.05, 0.1) is 6.54 Å². The molecule has 2 atom stereocenters. The number of carbonyl (C=O) groups is 4. The standard InChI is InChI=1S/C11H20N4O4/c1-3-4-13-9(6-16)15-11(19)8(2)14-10(18)5-12-7-17/h6-9,13H,3-5H2,1-2H3,(H,12,17)(H,14,18)(H,15,19). The van der Waals surface area contributed by atoms with Gasteiger partial charge in [0.15, 0.2) is 6.29 Å². The van der Waals surface area contributed by atoms with Crippen molar-refractivity contribution in [1.29, 1.82) is 0 Å². The van der Waals surface area contributed by atoms with E-state index in [1.54, 1.807) is 0 Å². The van der Waals surface area contributed by atoms with Crippen LogP contribution < -0.4 is 21.3 Å². The monoisotopic (exact) mass is 272 g/mol. The van der Waals surface area contributed by atoms with Crippen molar-refractivity contribution in [3.63, 3.8) is 0 Å². The second-order valence-corrected chi connectivity index (χ2v) is 3.86. The van der Waals surface area contributed by atoms with Crippen molar-refractivity contribution >= 4 is 24.5 Å². The topological polar surface area (TPSA) is 116 Å². The number of amides is 3. The SMILES string of the molecule is CCCNC(C=O)NC(=O)C(C)NC(=O)CNC=O. The molecule has 0 aliphatic heterocycles. The molecule has 3 amide bonds. The van der Waals surface area contributed by atoms with Crippen LogP contribution in [0.5, 0.6) is 0 Å². The summed E-state index contributed by atoms with van der Waals surface area (Å²) in [6, 6.07) is -0.799. The highest BCUT2D eigenvalue weighted by molar-refractivity contribution is 5.89. The summed E-state index contributed by atoms with van der Waals surface area (Å²) in [6.07, 6.45) is 1.02. The van der Waals surface area contributed by atoms with Gasteiger partial charge in [-0.15, -0.1) is 0 Å². The summed E-state index contributed by atoms with van der Waals surface area (Å²) in [5.74, 6) is -0.973. The number of aldehydes is 1. The third-order valence-electron chi connectivity index (χ3n) is 2.16. The van der Waals surface area contributed by atoms with E-state index in [1.165, 1.54) is 6.92 Å². The summed E-state index contributed by atoms with van der Waals surface area (Å²) in [5, 5.41) is 9.82. The predicted octanol–water partition coefficient (Wildman–Crippen LogP) is -2.12. The Balaban J connectivity index is 4.13. The Labute approximate surface area is 111 Å². The molecule has 0 saturated carbocycles. The average molecular weight is 272 g/mol. The molecule has 0 saturated heterocycles. The zero-order valence-electron chi connectivity index (χ0n) is 11.1. The number of hydrogen-bond acceptors (Lipinski definition) is 5. The first-order chi connectivity index (χ1) is 9.04. The fraction of sp³-hybridized carbons (Fsp3) is 0.636. The third-order valence-corrected chi connectivity index (χ3v) is 2.16. The molecular weight excluding hydrogens is 252 g/mol. The highest BCUT2D eigenvalue weighted by Gasteiger charge is 2.18. The van der Waals surface area contributed by atoms with Gasteiger partial charge in [0.25, 0.3) is 0 Å². The highest BCUT2D eigenvalue weighted by Crippen LogP contribution is 1.84. The second kappa shape index (κ2) is 10.0. The van der Waals surface area contributed by atoms with Gasteiger partial charge in [-0.2, -0.15) is 0 Å². The van der Waals surface area contributed by atoms with Crippen LogP contribution in [0.4, 0.5) is 0 Å². The van der Waals surface area contributed by atoms with E-state index in [0.717, 1.165) is 6.42 Å². The summed E-state index contributed by atoms with van der Waals surface area (Å²) >= 11 is 0. The Kier molecular flexibility index (Phi) is 8.98. The molecule has 19 heavy (non-hydrogen) atoms. The number of nitrogens with one attached hydrogen (secondary N) is 4. The first-order valence-corrected chi connectivity index (χ1v) is 6.00. The van der Waals surface area contributed by atoms with Crippen molar-refractivity contribution in [2.75, 3.05) is 13.1 Å². The van der Waals surface area contributed by atoms with E-state index in [-0.39, 0.29) is 6.54 Å². The van der Waals surface area contributed by atoms with E-state index in [9.17, 15) is 19.2 Å². The smallest absolute Gasteiger partial charge is 0.243 e. The minimum Gasteiger partial charge on any atom is -0.350 e. The first kappa shape index (κ1) is 17.0. The molecule has 0 aliphatic carbocycles. The molecule has 4 N–H and O–H groups in total. The van der Waals surface area contributed by atoms with Gasteiger partial charge in [-0.25, -0.2) is 0 Å². The van der Waals surface area contributed by atoms with Gasteiger partial charge < -0.3 is 16.0 Å². The zero-order chi connectivity index (χ0) is 14.7. The van der Waals surface area contributed by atoms with Crippen LogP contribution in [0.3, 0.4) is 0 Å². The van der Waals surface area contributed by atoms with E-state index < -0.39 is 24.0 Å². The zero-order valence-corrected chi connectivity index (χ0v) is 11.1. The maximum absolute atomic E-state index is 11.7. The van der Waals surface area contributed by atoms with Gasteiger partial charge in [-0.05, 0) is 19.9 Å². The van der Waals surface area contributed by atoms with Crippen molar-refractivity contribution in [3.8, 4) is 0 Å². The summed E-state index contributed by atoms with van der Waals surface area (Å²) in [4.78, 5) is 43.6. The molecule has 0 heterocycles. The van der Waals surface area contributed by atoms with Crippen LogP contribution in [0.1, 0.15) is 20.3 Å². The Morgan fingerprint density at radius 1 is 1.21 bits per heavy atom. The summed E-state index contributed by atoms with van der Waals surface area (Å²) < 4.78 is 0. The molecule has 8 nitrogen and oxygen atoms in total. The van der Waals surface area contributed by atoms with Gasteiger partial charge >= 0.3 is 0 Å². The molecule has 8 heteroatoms. The van der Waals surface area contributed by atoms with E-state index in [2.05, 4.69) is 21.3 Å². The van der Waals surface area contributed by atoms with Crippen molar-refractivity contribution in [2.45, 2.75) is 32.5 Å². The van der Waals surface area contributed by atoms with E-state index in [1.807, 2.05) is 6.92 Å². The Morgan fingerprint density at radius 3 is 2.42 bits per heavy atom. The van der Waals surface area contributed by atoms with Crippen molar-refractivity contribution in [1.82, 2.24) is 21.3 Å². The minimum absolute atomic E-state index is 0.202. The molecule has 0 fully saturated rings. The van der Waals surface area contributed by atoms with Gasteiger partial charge in [-0.3, -0.25) is 24.5 Å². The quantitative estimate of drug-likeness (QED) is 0.268. The lowest BCUT2D eigenvalue weighted by Gasteiger charge is -2.18. The van der Waals surface area contributed by atoms with Crippen LogP contribution in [-0.4, -0.2) is 49.8 Å². The predicted molar refractivity (Wildman–Crippen MR) is 68.0 cm³/mol. The summed E-state index contributed by atoms with van der Waals surface area (Å²) in [5.41, 5.74) is 0. The van der Waals surface area contributed by atoms with Crippen LogP contribution >= 0.6 is 0 Å². The largest absolute Gasteiger partial charge is 0.350 e. The molecule has 0 aliphatic rings. The maximum Gasteiger partial charge on any atom is 0.243 e. The normalized spacial score (nSPS) is 12.9. The molecule has 2 unspecified atom stereocenters. The van der Waals surface area contributed by atoms with Crippen molar-refractivity contribution in [3.05, 3.63) is 0 Å². The molecule has 0 aromatic carbocycles. The van der Waals surface area contributed by atoms with Crippen LogP contribution in [0.25, 0.3) is 0 Å². The summed E-state index contributed by atoms with van der Waals surface area (Å²) in [7, 11) is 0. The number of rotatable bonds is 10. The molecule has 0 radical (unpaired) electrons. The summed E-state index contributed by atoms with van der Waals surface area (Å²) in [6.45, 7) is 3.80. The Bertz CT molecular complexity index is 322. The first-order valence-electron chi connectivity index (χ1n) is 6.00. The van der Waals surface area contributed by atoms with Crippen LogP contribution in [0.2, 0.25) is 0 Å². The third kappa shape index (κ3) is 7.87.